The monoisotopic (exact) mass is 448 g/mol. The van der Waals surface area contributed by atoms with Crippen LogP contribution in [0.15, 0.2) is 102 Å². The number of fused-ring (bicyclic) bond motifs is 3. The summed E-state index contributed by atoms with van der Waals surface area (Å²) in [5.41, 5.74) is 11.6. The molecule has 1 heteroatoms. The maximum absolute atomic E-state index is 3.85. The van der Waals surface area contributed by atoms with Crippen LogP contribution in [0.25, 0.3) is 40.0 Å². The van der Waals surface area contributed by atoms with Crippen molar-refractivity contribution in [2.24, 2.45) is 0 Å². The van der Waals surface area contributed by atoms with Crippen LogP contribution in [0.4, 0.5) is 0 Å². The van der Waals surface area contributed by atoms with Crippen molar-refractivity contribution in [2.75, 3.05) is 0 Å². The first-order chi connectivity index (χ1) is 14.7. The Morgan fingerprint density at radius 2 is 1.33 bits per heavy atom. The molecule has 0 spiro atoms. The van der Waals surface area contributed by atoms with Crippen LogP contribution in [0, 0.1) is 0 Å². The highest BCUT2D eigenvalue weighted by Crippen LogP contribution is 2.41. The van der Waals surface area contributed by atoms with Crippen LogP contribution in [-0.4, -0.2) is 0 Å². The number of hydrogen-bond acceptors (Lipinski definition) is 0. The molecular weight excluding hydrogens is 428 g/mol. The average Bonchev–Trinajstić information content (AvgIpc) is 2.80. The molecule has 0 radical (unpaired) electrons. The van der Waals surface area contributed by atoms with E-state index in [4.69, 9.17) is 0 Å². The van der Waals surface area contributed by atoms with Crippen LogP contribution < -0.4 is 0 Å². The quantitative estimate of drug-likeness (QED) is 0.294. The Morgan fingerprint density at radius 1 is 0.667 bits per heavy atom. The highest BCUT2D eigenvalue weighted by Gasteiger charge is 2.20. The molecular formula is C29H21Br. The minimum Gasteiger partial charge on any atom is -0.0985 e. The van der Waals surface area contributed by atoms with Crippen molar-refractivity contribution in [3.8, 4) is 22.3 Å². The van der Waals surface area contributed by atoms with E-state index in [1.54, 1.807) is 0 Å². The Morgan fingerprint density at radius 3 is 2.07 bits per heavy atom. The summed E-state index contributed by atoms with van der Waals surface area (Å²) < 4.78 is 1.10. The molecule has 30 heavy (non-hydrogen) atoms. The molecule has 0 aromatic heterocycles. The summed E-state index contributed by atoms with van der Waals surface area (Å²) in [7, 11) is 0. The first-order valence-electron chi connectivity index (χ1n) is 10.1. The van der Waals surface area contributed by atoms with E-state index in [9.17, 15) is 0 Å². The summed E-state index contributed by atoms with van der Waals surface area (Å²) in [4.78, 5) is 0. The van der Waals surface area contributed by atoms with Crippen LogP contribution in [0.5, 0.6) is 0 Å². The molecule has 0 fully saturated rings. The van der Waals surface area contributed by atoms with Crippen LogP contribution in [0.3, 0.4) is 0 Å². The van der Waals surface area contributed by atoms with Crippen molar-refractivity contribution in [3.05, 3.63) is 124 Å². The summed E-state index contributed by atoms with van der Waals surface area (Å²) in [5.74, 6) is 0. The highest BCUT2D eigenvalue weighted by atomic mass is 79.9. The number of rotatable bonds is 3. The van der Waals surface area contributed by atoms with Crippen molar-refractivity contribution >= 4 is 33.7 Å². The van der Waals surface area contributed by atoms with Crippen LogP contribution >= 0.6 is 15.9 Å². The molecule has 0 saturated heterocycles. The lowest BCUT2D eigenvalue weighted by Gasteiger charge is -2.23. The lowest BCUT2D eigenvalue weighted by atomic mass is 9.80. The van der Waals surface area contributed by atoms with Gasteiger partial charge in [-0.05, 0) is 74.7 Å². The standard InChI is InChI=1S/C29H21Br/c1-2-20-7-9-21(10-8-20)17-25-18-24-12-11-23(22-13-15-26(30)16-14-22)19-29(24)28-6-4-3-5-27(25)28/h2-17,19H,1,18H2/b25-17-. The number of benzene rings is 4. The molecule has 1 aliphatic rings. The topological polar surface area (TPSA) is 0 Å². The summed E-state index contributed by atoms with van der Waals surface area (Å²) >= 11 is 3.53. The summed E-state index contributed by atoms with van der Waals surface area (Å²) in [6.07, 6.45) is 5.14. The van der Waals surface area contributed by atoms with Gasteiger partial charge in [0.15, 0.2) is 0 Å². The van der Waals surface area contributed by atoms with E-state index in [1.807, 2.05) is 6.08 Å². The third kappa shape index (κ3) is 3.58. The van der Waals surface area contributed by atoms with Crippen molar-refractivity contribution < 1.29 is 0 Å². The van der Waals surface area contributed by atoms with Gasteiger partial charge in [0, 0.05) is 4.47 Å². The zero-order valence-electron chi connectivity index (χ0n) is 16.6. The minimum absolute atomic E-state index is 0.941. The summed E-state index contributed by atoms with van der Waals surface area (Å²) in [5, 5.41) is 0. The second-order valence-electron chi connectivity index (χ2n) is 7.64. The van der Waals surface area contributed by atoms with Gasteiger partial charge in [-0.3, -0.25) is 0 Å². The van der Waals surface area contributed by atoms with Crippen molar-refractivity contribution in [2.45, 2.75) is 6.42 Å². The van der Waals surface area contributed by atoms with Gasteiger partial charge in [-0.25, -0.2) is 0 Å². The fourth-order valence-corrected chi connectivity index (χ4v) is 4.42. The molecule has 0 bridgehead atoms. The van der Waals surface area contributed by atoms with E-state index in [0.29, 0.717) is 0 Å². The SMILES string of the molecule is C=Cc1ccc(/C=C2/Cc3ccc(-c4ccc(Br)cc4)cc3-c3ccccc32)cc1. The van der Waals surface area contributed by atoms with Gasteiger partial charge in [0.25, 0.3) is 0 Å². The molecule has 0 amide bonds. The predicted octanol–water partition coefficient (Wildman–Crippen LogP) is 8.52. The van der Waals surface area contributed by atoms with E-state index >= 15 is 0 Å². The Kier molecular flexibility index (Phi) is 4.98. The summed E-state index contributed by atoms with van der Waals surface area (Å²) in [6, 6.07) is 32.7. The van der Waals surface area contributed by atoms with Crippen LogP contribution in [0.1, 0.15) is 22.3 Å². The molecule has 4 aromatic rings. The maximum atomic E-state index is 3.85. The van der Waals surface area contributed by atoms with Gasteiger partial charge >= 0.3 is 0 Å². The number of hydrogen-bond donors (Lipinski definition) is 0. The van der Waals surface area contributed by atoms with Crippen LogP contribution in [0.2, 0.25) is 0 Å². The fraction of sp³-hybridized carbons (Fsp3) is 0.0345. The normalized spacial score (nSPS) is 13.6. The van der Waals surface area contributed by atoms with Crippen LogP contribution in [-0.2, 0) is 6.42 Å². The van der Waals surface area contributed by atoms with E-state index < -0.39 is 0 Å². The van der Waals surface area contributed by atoms with Gasteiger partial charge in [-0.1, -0.05) is 107 Å². The van der Waals surface area contributed by atoms with Gasteiger partial charge in [0.2, 0.25) is 0 Å². The van der Waals surface area contributed by atoms with E-state index in [-0.39, 0.29) is 0 Å². The van der Waals surface area contributed by atoms with Gasteiger partial charge < -0.3 is 0 Å². The Labute approximate surface area is 186 Å². The van der Waals surface area contributed by atoms with Gasteiger partial charge in [-0.15, -0.1) is 0 Å². The molecule has 0 N–H and O–H groups in total. The molecule has 0 saturated carbocycles. The molecule has 0 atom stereocenters. The highest BCUT2D eigenvalue weighted by molar-refractivity contribution is 9.10. The second-order valence-corrected chi connectivity index (χ2v) is 8.56. The summed E-state index contributed by atoms with van der Waals surface area (Å²) in [6.45, 7) is 3.85. The Bertz CT molecular complexity index is 1260. The van der Waals surface area contributed by atoms with E-state index in [2.05, 4.69) is 120 Å². The number of allylic oxidation sites excluding steroid dienone is 1. The van der Waals surface area contributed by atoms with Gasteiger partial charge in [-0.2, -0.15) is 0 Å². The smallest absolute Gasteiger partial charge is 0.0175 e. The fourth-order valence-electron chi connectivity index (χ4n) is 4.16. The molecule has 0 unspecified atom stereocenters. The molecule has 4 aromatic carbocycles. The molecule has 1 aliphatic carbocycles. The third-order valence-electron chi connectivity index (χ3n) is 5.74. The molecule has 5 rings (SSSR count). The number of halogens is 1. The molecule has 0 heterocycles. The first kappa shape index (κ1) is 18.8. The second kappa shape index (κ2) is 7.93. The average molecular weight is 449 g/mol. The third-order valence-corrected chi connectivity index (χ3v) is 6.27. The Balaban J connectivity index is 1.59. The van der Waals surface area contributed by atoms with E-state index in [1.165, 1.54) is 44.5 Å². The minimum atomic E-state index is 0.941. The zero-order valence-corrected chi connectivity index (χ0v) is 18.2. The van der Waals surface area contributed by atoms with Crippen molar-refractivity contribution in [1.82, 2.24) is 0 Å². The largest absolute Gasteiger partial charge is 0.0985 e. The maximum Gasteiger partial charge on any atom is 0.0175 e. The predicted molar refractivity (Wildman–Crippen MR) is 133 cm³/mol. The molecule has 144 valence electrons. The van der Waals surface area contributed by atoms with Crippen molar-refractivity contribution in [3.63, 3.8) is 0 Å². The first-order valence-corrected chi connectivity index (χ1v) is 10.9. The van der Waals surface area contributed by atoms with Gasteiger partial charge in [0.05, 0.1) is 0 Å². The molecule has 0 aliphatic heterocycles. The van der Waals surface area contributed by atoms with Crippen molar-refractivity contribution in [1.29, 1.82) is 0 Å². The lowest BCUT2D eigenvalue weighted by molar-refractivity contribution is 1.25. The Hall–Kier alpha value is -3.16. The lowest BCUT2D eigenvalue weighted by Crippen LogP contribution is -2.03. The zero-order chi connectivity index (χ0) is 20.5. The van der Waals surface area contributed by atoms with Gasteiger partial charge in [0.1, 0.15) is 0 Å². The molecule has 0 nitrogen and oxygen atoms in total. The van der Waals surface area contributed by atoms with E-state index in [0.717, 1.165) is 16.5 Å².